The monoisotopic (exact) mass is 330 g/mol. The minimum atomic E-state index is -0.326. The molecule has 1 aliphatic rings. The Kier molecular flexibility index (Phi) is 7.10. The van der Waals surface area contributed by atoms with Crippen molar-refractivity contribution in [2.24, 2.45) is 11.7 Å². The van der Waals surface area contributed by atoms with Gasteiger partial charge in [-0.05, 0) is 44.2 Å². The molecule has 0 aromatic heterocycles. The van der Waals surface area contributed by atoms with Gasteiger partial charge in [0.05, 0.1) is 12.1 Å². The fraction of sp³-hybridized carbons (Fsp3) is 0.562. The molecule has 2 rings (SSSR count). The Bertz CT molecular complexity index is 497. The summed E-state index contributed by atoms with van der Waals surface area (Å²) in [5.41, 5.74) is 5.49. The maximum absolute atomic E-state index is 13.0. The Hall–Kier alpha value is -1.33. The molecule has 0 heterocycles. The van der Waals surface area contributed by atoms with Gasteiger partial charge in [0.1, 0.15) is 11.6 Å². The fourth-order valence-corrected chi connectivity index (χ4v) is 2.40. The maximum atomic E-state index is 13.0. The van der Waals surface area contributed by atoms with Crippen LogP contribution in [0.1, 0.15) is 32.6 Å². The summed E-state index contributed by atoms with van der Waals surface area (Å²) < 4.78 is 18.4. The number of nitrogens with one attached hydrogen (secondary N) is 1. The topological polar surface area (TPSA) is 64.3 Å². The number of benzene rings is 1. The lowest BCUT2D eigenvalue weighted by molar-refractivity contribution is -0.123. The zero-order valence-corrected chi connectivity index (χ0v) is 13.6. The summed E-state index contributed by atoms with van der Waals surface area (Å²) in [6, 6.07) is 5.99. The summed E-state index contributed by atoms with van der Waals surface area (Å²) >= 11 is 0. The van der Waals surface area contributed by atoms with Gasteiger partial charge >= 0.3 is 0 Å². The van der Waals surface area contributed by atoms with Crippen molar-refractivity contribution in [2.75, 3.05) is 13.2 Å². The van der Waals surface area contributed by atoms with Gasteiger partial charge in [-0.2, -0.15) is 0 Å². The van der Waals surface area contributed by atoms with Gasteiger partial charge in [-0.15, -0.1) is 12.4 Å². The number of nitrogens with two attached hydrogens (primary N) is 1. The first kappa shape index (κ1) is 18.7. The van der Waals surface area contributed by atoms with Crippen LogP contribution >= 0.6 is 12.4 Å². The van der Waals surface area contributed by atoms with Crippen LogP contribution in [0.3, 0.4) is 0 Å². The highest BCUT2D eigenvalue weighted by Crippen LogP contribution is 2.38. The number of hydrogen-bond donors (Lipinski definition) is 2. The van der Waals surface area contributed by atoms with Crippen molar-refractivity contribution in [3.05, 3.63) is 30.1 Å². The third kappa shape index (κ3) is 5.46. The molecule has 1 aromatic carbocycles. The standard InChI is InChI=1S/C16H23FN2O2.ClH/c1-16(11-18,12-7-8-12)19-15(20)6-3-9-21-14-5-2-4-13(17)10-14;/h2,4-5,10,12H,3,6-9,11,18H2,1H3,(H,19,20);1H. The molecule has 1 aliphatic carbocycles. The first-order chi connectivity index (χ1) is 10.0. The van der Waals surface area contributed by atoms with Crippen molar-refractivity contribution < 1.29 is 13.9 Å². The molecule has 0 bridgehead atoms. The normalized spacial score (nSPS) is 16.3. The van der Waals surface area contributed by atoms with Crippen LogP contribution in [0.25, 0.3) is 0 Å². The summed E-state index contributed by atoms with van der Waals surface area (Å²) in [6.45, 7) is 2.86. The van der Waals surface area contributed by atoms with E-state index >= 15 is 0 Å². The zero-order chi connectivity index (χ0) is 15.3. The molecule has 1 amide bonds. The van der Waals surface area contributed by atoms with Crippen LogP contribution in [-0.4, -0.2) is 24.6 Å². The number of carbonyl (C=O) groups is 1. The van der Waals surface area contributed by atoms with Crippen LogP contribution in [0.4, 0.5) is 4.39 Å². The van der Waals surface area contributed by atoms with E-state index in [-0.39, 0.29) is 29.7 Å². The molecular formula is C16H24ClFN2O2. The highest BCUT2D eigenvalue weighted by atomic mass is 35.5. The first-order valence-corrected chi connectivity index (χ1v) is 7.43. The van der Waals surface area contributed by atoms with Gasteiger partial charge < -0.3 is 15.8 Å². The molecule has 0 radical (unpaired) electrons. The summed E-state index contributed by atoms with van der Waals surface area (Å²) in [6.07, 6.45) is 3.25. The second-order valence-electron chi connectivity index (χ2n) is 5.85. The second kappa shape index (κ2) is 8.34. The fourth-order valence-electron chi connectivity index (χ4n) is 2.40. The number of ether oxygens (including phenoxy) is 1. The largest absolute Gasteiger partial charge is 0.493 e. The van der Waals surface area contributed by atoms with Crippen LogP contribution in [0.15, 0.2) is 24.3 Å². The van der Waals surface area contributed by atoms with Gasteiger partial charge in [0.15, 0.2) is 0 Å². The van der Waals surface area contributed by atoms with Crippen molar-refractivity contribution in [3.63, 3.8) is 0 Å². The van der Waals surface area contributed by atoms with Crippen molar-refractivity contribution in [1.29, 1.82) is 0 Å². The summed E-state index contributed by atoms with van der Waals surface area (Å²) in [7, 11) is 0. The highest BCUT2D eigenvalue weighted by molar-refractivity contribution is 5.85. The molecule has 6 heteroatoms. The Morgan fingerprint density at radius 2 is 2.23 bits per heavy atom. The lowest BCUT2D eigenvalue weighted by Crippen LogP contribution is -2.53. The summed E-state index contributed by atoms with van der Waals surface area (Å²) in [5, 5.41) is 3.03. The van der Waals surface area contributed by atoms with Crippen molar-refractivity contribution in [1.82, 2.24) is 5.32 Å². The van der Waals surface area contributed by atoms with Crippen molar-refractivity contribution in [2.45, 2.75) is 38.1 Å². The van der Waals surface area contributed by atoms with E-state index in [0.29, 0.717) is 37.7 Å². The van der Waals surface area contributed by atoms with Gasteiger partial charge in [-0.1, -0.05) is 6.07 Å². The number of halogens is 2. The highest BCUT2D eigenvalue weighted by Gasteiger charge is 2.41. The Balaban J connectivity index is 0.00000242. The van der Waals surface area contributed by atoms with E-state index in [9.17, 15) is 9.18 Å². The van der Waals surface area contributed by atoms with Crippen molar-refractivity contribution in [3.8, 4) is 5.75 Å². The number of rotatable bonds is 8. The molecule has 0 spiro atoms. The van der Waals surface area contributed by atoms with E-state index in [4.69, 9.17) is 10.5 Å². The molecular weight excluding hydrogens is 307 g/mol. The van der Waals surface area contributed by atoms with E-state index in [1.165, 1.54) is 12.1 Å². The zero-order valence-electron chi connectivity index (χ0n) is 12.8. The molecule has 124 valence electrons. The average molecular weight is 331 g/mol. The SMILES string of the molecule is CC(CN)(NC(=O)CCCOc1cccc(F)c1)C1CC1.Cl. The predicted octanol–water partition coefficient (Wildman–Crippen LogP) is 2.65. The van der Waals surface area contributed by atoms with E-state index < -0.39 is 0 Å². The third-order valence-corrected chi connectivity index (χ3v) is 3.94. The van der Waals surface area contributed by atoms with Crippen LogP contribution in [0.5, 0.6) is 5.75 Å². The average Bonchev–Trinajstić information content (AvgIpc) is 3.28. The first-order valence-electron chi connectivity index (χ1n) is 7.43. The predicted molar refractivity (Wildman–Crippen MR) is 86.7 cm³/mol. The molecule has 1 fully saturated rings. The molecule has 0 aliphatic heterocycles. The van der Waals surface area contributed by atoms with E-state index in [1.807, 2.05) is 6.92 Å². The van der Waals surface area contributed by atoms with Crippen LogP contribution in [-0.2, 0) is 4.79 Å². The third-order valence-electron chi connectivity index (χ3n) is 3.94. The summed E-state index contributed by atoms with van der Waals surface area (Å²) in [4.78, 5) is 11.9. The maximum Gasteiger partial charge on any atom is 0.220 e. The lowest BCUT2D eigenvalue weighted by Gasteiger charge is -2.29. The van der Waals surface area contributed by atoms with E-state index in [1.54, 1.807) is 12.1 Å². The Morgan fingerprint density at radius 3 is 2.82 bits per heavy atom. The number of carbonyl (C=O) groups excluding carboxylic acids is 1. The molecule has 4 nitrogen and oxygen atoms in total. The molecule has 1 aromatic rings. The van der Waals surface area contributed by atoms with Gasteiger partial charge in [0.2, 0.25) is 5.91 Å². The van der Waals surface area contributed by atoms with Crippen molar-refractivity contribution >= 4 is 18.3 Å². The van der Waals surface area contributed by atoms with Crippen LogP contribution in [0.2, 0.25) is 0 Å². The number of amides is 1. The molecule has 3 N–H and O–H groups in total. The Morgan fingerprint density at radius 1 is 1.50 bits per heavy atom. The van der Waals surface area contributed by atoms with E-state index in [2.05, 4.69) is 5.32 Å². The molecule has 0 saturated heterocycles. The van der Waals surface area contributed by atoms with Gasteiger partial charge in [0, 0.05) is 19.0 Å². The lowest BCUT2D eigenvalue weighted by atomic mass is 9.95. The molecule has 22 heavy (non-hydrogen) atoms. The van der Waals surface area contributed by atoms with Gasteiger partial charge in [0.25, 0.3) is 0 Å². The molecule has 1 atom stereocenters. The van der Waals surface area contributed by atoms with Gasteiger partial charge in [-0.3, -0.25) is 4.79 Å². The molecule has 1 saturated carbocycles. The summed E-state index contributed by atoms with van der Waals surface area (Å²) in [5.74, 6) is 0.668. The minimum absolute atomic E-state index is 0. The number of hydrogen-bond acceptors (Lipinski definition) is 3. The minimum Gasteiger partial charge on any atom is -0.493 e. The van der Waals surface area contributed by atoms with Crippen LogP contribution < -0.4 is 15.8 Å². The smallest absolute Gasteiger partial charge is 0.220 e. The van der Waals surface area contributed by atoms with E-state index in [0.717, 1.165) is 12.8 Å². The van der Waals surface area contributed by atoms with Crippen LogP contribution in [0, 0.1) is 11.7 Å². The Labute approximate surface area is 137 Å². The molecule has 1 unspecified atom stereocenters. The second-order valence-corrected chi connectivity index (χ2v) is 5.85. The van der Waals surface area contributed by atoms with Gasteiger partial charge in [-0.25, -0.2) is 4.39 Å². The quantitative estimate of drug-likeness (QED) is 0.720.